The van der Waals surface area contributed by atoms with E-state index in [1.165, 1.54) is 0 Å². The number of hydrogen-bond donors (Lipinski definition) is 0. The first kappa shape index (κ1) is 37.1. The summed E-state index contributed by atoms with van der Waals surface area (Å²) in [6.07, 6.45) is 15.0. The maximum atomic E-state index is 4.26. The Morgan fingerprint density at radius 2 is 0.682 bits per heavy atom. The zero-order valence-electron chi connectivity index (χ0n) is 23.9. The molecule has 44 heavy (non-hydrogen) atoms. The van der Waals surface area contributed by atoms with Gasteiger partial charge in [-0.2, -0.15) is 20.4 Å². The molecule has 0 aliphatic rings. The summed E-state index contributed by atoms with van der Waals surface area (Å²) in [5.74, 6) is 0. The molecule has 224 valence electrons. The molecule has 6 aromatic rings. The van der Waals surface area contributed by atoms with Crippen LogP contribution in [0.3, 0.4) is 0 Å². The number of nitrogens with zero attached hydrogens (tertiary/aromatic N) is 10. The SMILES string of the molecule is [Br][Cd][Br].[Br][Cd][Br].c1ccc(N(Cn2cccn2)Cn2cccn2)cc1.c1ccc(N(Cn2cccn2)Cn2cccn2)cc1. The van der Waals surface area contributed by atoms with Crippen molar-refractivity contribution in [3.8, 4) is 0 Å². The van der Waals surface area contributed by atoms with Gasteiger partial charge in [0.05, 0.1) is 0 Å². The van der Waals surface area contributed by atoms with Crippen LogP contribution in [0.2, 0.25) is 0 Å². The largest absolute Gasteiger partial charge is 0.332 e. The first-order chi connectivity index (χ1) is 21.7. The van der Waals surface area contributed by atoms with E-state index >= 15 is 0 Å². The fourth-order valence-electron chi connectivity index (χ4n) is 3.93. The molecule has 0 saturated heterocycles. The molecule has 0 saturated carbocycles. The van der Waals surface area contributed by atoms with Crippen LogP contribution in [0.25, 0.3) is 0 Å². The molecule has 0 spiro atoms. The standard InChI is InChI=1S/2C14H15N5.4BrH.2Cd/c2*1-2-6-14(7-3-1)17(12-18-10-4-8-15-18)13-19-11-5-9-16-19;;;;;;/h2*1-11H,12-13H2;4*1H;;/q;;;;;;2*+2/p-4. The van der Waals surface area contributed by atoms with Gasteiger partial charge in [0, 0.05) is 60.9 Å². The van der Waals surface area contributed by atoms with Crippen LogP contribution in [-0.2, 0) is 65.5 Å². The topological polar surface area (TPSA) is 77.8 Å². The van der Waals surface area contributed by atoms with E-state index < -0.39 is 0 Å². The summed E-state index contributed by atoms with van der Waals surface area (Å²) in [4.78, 5) is 4.42. The summed E-state index contributed by atoms with van der Waals surface area (Å²) < 4.78 is 7.60. The number of rotatable bonds is 10. The molecule has 10 nitrogen and oxygen atoms in total. The molecule has 0 radical (unpaired) electrons. The minimum Gasteiger partial charge on any atom is -0.332 e. The summed E-state index contributed by atoms with van der Waals surface area (Å²) in [6, 6.07) is 28.3. The Labute approximate surface area is 304 Å². The van der Waals surface area contributed by atoms with Crippen LogP contribution in [0.5, 0.6) is 0 Å². The van der Waals surface area contributed by atoms with Crippen molar-refractivity contribution >= 4 is 59.3 Å². The molecule has 0 unspecified atom stereocenters. The molecule has 4 heterocycles. The molecule has 0 bridgehead atoms. The molecule has 4 aromatic heterocycles. The van der Waals surface area contributed by atoms with Crippen molar-refractivity contribution < 1.29 is 38.8 Å². The van der Waals surface area contributed by atoms with Gasteiger partial charge in [-0.05, 0) is 48.5 Å². The van der Waals surface area contributed by atoms with Crippen LogP contribution < -0.4 is 9.80 Å². The minimum atomic E-state index is -0.385. The fourth-order valence-corrected chi connectivity index (χ4v) is 3.93. The molecule has 0 aliphatic carbocycles. The smallest absolute Gasteiger partial charge is 0.113 e. The van der Waals surface area contributed by atoms with Crippen molar-refractivity contribution in [3.05, 3.63) is 135 Å². The Morgan fingerprint density at radius 3 is 0.886 bits per heavy atom. The van der Waals surface area contributed by atoms with E-state index in [1.807, 2.05) is 104 Å². The number of halogens is 4. The maximum Gasteiger partial charge on any atom is 0.113 e. The molecule has 2 aromatic carbocycles. The Bertz CT molecular complexity index is 1270. The Morgan fingerprint density at radius 1 is 0.432 bits per heavy atom. The van der Waals surface area contributed by atoms with Crippen LogP contribution >= 0.6 is 47.9 Å². The molecular formula is C28H30Br4Cd2N10. The van der Waals surface area contributed by atoms with Crippen LogP contribution in [0.4, 0.5) is 11.4 Å². The first-order valence-corrected chi connectivity index (χ1v) is 49.6. The van der Waals surface area contributed by atoms with E-state index in [9.17, 15) is 0 Å². The van der Waals surface area contributed by atoms with E-state index in [4.69, 9.17) is 0 Å². The van der Waals surface area contributed by atoms with Gasteiger partial charge in [0.25, 0.3) is 0 Å². The van der Waals surface area contributed by atoms with Crippen molar-refractivity contribution in [2.45, 2.75) is 26.7 Å². The van der Waals surface area contributed by atoms with Crippen LogP contribution in [0, 0.1) is 0 Å². The van der Waals surface area contributed by atoms with Crippen molar-refractivity contribution in [1.29, 1.82) is 0 Å². The third-order valence-corrected chi connectivity index (χ3v) is 5.74. The van der Waals surface area contributed by atoms with Gasteiger partial charge < -0.3 is 9.80 Å². The van der Waals surface area contributed by atoms with Gasteiger partial charge in [0.1, 0.15) is 26.7 Å². The normalized spacial score (nSPS) is 9.55. The van der Waals surface area contributed by atoms with E-state index in [1.54, 1.807) is 24.8 Å². The predicted octanol–water partition coefficient (Wildman–Crippen LogP) is 7.78. The fraction of sp³-hybridized carbons (Fsp3) is 0.143. The van der Waals surface area contributed by atoms with Crippen molar-refractivity contribution in [1.82, 2.24) is 39.1 Å². The third kappa shape index (κ3) is 14.4. The average Bonchev–Trinajstić information content (AvgIpc) is 3.89. The van der Waals surface area contributed by atoms with E-state index in [2.05, 4.69) is 102 Å². The summed E-state index contributed by atoms with van der Waals surface area (Å²) in [5, 5.41) is 17.0. The number of aromatic nitrogens is 8. The second kappa shape index (κ2) is 23.0. The molecule has 0 N–H and O–H groups in total. The number of anilines is 2. The van der Waals surface area contributed by atoms with Gasteiger partial charge in [-0.15, -0.1) is 0 Å². The number of hydrogen-bond acceptors (Lipinski definition) is 6. The summed E-state index contributed by atoms with van der Waals surface area (Å²) >= 11 is 12.3. The Balaban J connectivity index is 0.000000204. The van der Waals surface area contributed by atoms with Crippen LogP contribution in [-0.4, -0.2) is 39.1 Å². The quantitative estimate of drug-likeness (QED) is 0.131. The van der Waals surface area contributed by atoms with E-state index in [0.717, 1.165) is 11.4 Å². The number of benzene rings is 2. The summed E-state index contributed by atoms with van der Waals surface area (Å²) in [6.45, 7) is 2.77. The second-order valence-corrected chi connectivity index (χ2v) is 45.1. The number of para-hydroxylation sites is 2. The molecule has 0 aliphatic heterocycles. The van der Waals surface area contributed by atoms with E-state index in [-0.39, 0.29) is 38.8 Å². The van der Waals surface area contributed by atoms with Gasteiger partial charge in [0.15, 0.2) is 0 Å². The monoisotopic (exact) mass is 1050 g/mol. The third-order valence-electron chi connectivity index (χ3n) is 5.74. The van der Waals surface area contributed by atoms with E-state index in [0.29, 0.717) is 26.7 Å². The van der Waals surface area contributed by atoms with Crippen molar-refractivity contribution in [2.24, 2.45) is 0 Å². The summed E-state index contributed by atoms with van der Waals surface area (Å²) in [7, 11) is 0. The molecule has 0 fully saturated rings. The zero-order valence-corrected chi connectivity index (χ0v) is 38.3. The molecule has 16 heteroatoms. The summed E-state index contributed by atoms with van der Waals surface area (Å²) in [5.41, 5.74) is 2.29. The van der Waals surface area contributed by atoms with Crippen molar-refractivity contribution in [3.63, 3.8) is 0 Å². The molecule has 0 atom stereocenters. The van der Waals surface area contributed by atoms with Crippen LogP contribution in [0.15, 0.2) is 135 Å². The van der Waals surface area contributed by atoms with Crippen molar-refractivity contribution in [2.75, 3.05) is 9.80 Å². The zero-order chi connectivity index (χ0) is 31.2. The minimum absolute atomic E-state index is 0.385. The van der Waals surface area contributed by atoms with Gasteiger partial charge in [-0.1, -0.05) is 36.4 Å². The Hall–Kier alpha value is -1.36. The average molecular weight is 1050 g/mol. The van der Waals surface area contributed by atoms with Gasteiger partial charge in [-0.25, -0.2) is 0 Å². The maximum absolute atomic E-state index is 4.26. The second-order valence-electron chi connectivity index (χ2n) is 8.70. The van der Waals surface area contributed by atoms with Gasteiger partial charge in [0.2, 0.25) is 0 Å². The molecule has 6 rings (SSSR count). The first-order valence-electron chi connectivity index (χ1n) is 13.4. The molecule has 0 amide bonds. The van der Waals surface area contributed by atoms with Gasteiger partial charge in [-0.3, -0.25) is 18.7 Å². The van der Waals surface area contributed by atoms with Gasteiger partial charge >= 0.3 is 86.8 Å². The molecular weight excluding hydrogens is 1020 g/mol. The predicted molar refractivity (Wildman–Crippen MR) is 182 cm³/mol. The van der Waals surface area contributed by atoms with Crippen LogP contribution in [0.1, 0.15) is 0 Å². The Kier molecular flexibility index (Phi) is 19.4.